The van der Waals surface area contributed by atoms with E-state index in [1.807, 2.05) is 0 Å². The van der Waals surface area contributed by atoms with Crippen LogP contribution in [0.1, 0.15) is 6.92 Å². The molecular weight excluding hydrogens is 300 g/mol. The number of nitrogens with zero attached hydrogens (tertiary/aromatic N) is 1. The second-order valence-corrected chi connectivity index (χ2v) is 5.49. The Kier molecular flexibility index (Phi) is 4.95. The summed E-state index contributed by atoms with van der Waals surface area (Å²) in [5.74, 6) is -3.74. The van der Waals surface area contributed by atoms with Gasteiger partial charge in [0, 0.05) is 6.07 Å². The smallest absolute Gasteiger partial charge is 0.314 e. The Morgan fingerprint density at radius 1 is 1.40 bits per heavy atom. The third-order valence-corrected chi connectivity index (χ3v) is 2.71. The van der Waals surface area contributed by atoms with Gasteiger partial charge < -0.3 is 4.74 Å². The summed E-state index contributed by atoms with van der Waals surface area (Å²) in [5.41, 5.74) is -0.768. The van der Waals surface area contributed by atoms with E-state index in [9.17, 15) is 27.3 Å². The zero-order valence-corrected chi connectivity index (χ0v) is 11.3. The number of nitro benzene ring substituents is 1. The number of halogens is 2. The van der Waals surface area contributed by atoms with Crippen molar-refractivity contribution < 1.29 is 31.0 Å². The van der Waals surface area contributed by atoms with Crippen LogP contribution in [0.5, 0.6) is 5.75 Å². The van der Waals surface area contributed by atoms with Crippen LogP contribution in [-0.2, 0) is 14.3 Å². The van der Waals surface area contributed by atoms with Crippen LogP contribution in [0.25, 0.3) is 0 Å². The van der Waals surface area contributed by atoms with Crippen molar-refractivity contribution in [2.24, 2.45) is 0 Å². The van der Waals surface area contributed by atoms with Crippen molar-refractivity contribution in [3.05, 3.63) is 33.9 Å². The molecule has 1 aromatic carbocycles. The number of hydrogen-bond donors (Lipinski definition) is 0. The first-order chi connectivity index (χ1) is 9.11. The molecule has 0 fully saturated rings. The first kappa shape index (κ1) is 16.2. The molecule has 10 heteroatoms. The predicted molar refractivity (Wildman–Crippen MR) is 63.9 cm³/mol. The molecule has 0 aliphatic rings. The van der Waals surface area contributed by atoms with E-state index in [2.05, 4.69) is 4.18 Å². The molecule has 112 valence electrons. The second kappa shape index (κ2) is 6.09. The molecule has 0 aromatic heterocycles. The quantitative estimate of drug-likeness (QED) is 0.450. The van der Waals surface area contributed by atoms with Crippen LogP contribution < -0.4 is 4.74 Å². The maximum absolute atomic E-state index is 13.4. The molecule has 0 radical (unpaired) electrons. The highest BCUT2D eigenvalue weighted by molar-refractivity contribution is 7.86. The average Bonchev–Trinajstić information content (AvgIpc) is 2.28. The van der Waals surface area contributed by atoms with Gasteiger partial charge in [-0.1, -0.05) is 0 Å². The second-order valence-electron chi connectivity index (χ2n) is 3.89. The van der Waals surface area contributed by atoms with E-state index in [1.54, 1.807) is 0 Å². The molecule has 0 N–H and O–H groups in total. The van der Waals surface area contributed by atoms with Gasteiger partial charge in [-0.3, -0.25) is 14.3 Å². The molecule has 1 aromatic rings. The first-order valence-electron chi connectivity index (χ1n) is 5.25. The van der Waals surface area contributed by atoms with Gasteiger partial charge in [0.05, 0.1) is 11.2 Å². The van der Waals surface area contributed by atoms with E-state index in [4.69, 9.17) is 4.74 Å². The van der Waals surface area contributed by atoms with E-state index < -0.39 is 50.8 Å². The standard InChI is InChI=1S/C10H11F2NO6S/c1-6(19-20(2,16)17)5-18-10-8(13(14)15)4-3-7(11)9(10)12/h3-4,6H,5H2,1-2H3/t6-/m1/s1. The molecule has 20 heavy (non-hydrogen) atoms. The molecule has 0 saturated carbocycles. The molecule has 0 bridgehead atoms. The van der Waals surface area contributed by atoms with Crippen LogP contribution in [0, 0.1) is 21.7 Å². The van der Waals surface area contributed by atoms with Crippen molar-refractivity contribution in [3.8, 4) is 5.75 Å². The third-order valence-electron chi connectivity index (χ3n) is 2.03. The molecule has 0 aliphatic carbocycles. The van der Waals surface area contributed by atoms with Crippen molar-refractivity contribution in [1.29, 1.82) is 0 Å². The fourth-order valence-corrected chi connectivity index (χ4v) is 1.98. The van der Waals surface area contributed by atoms with Gasteiger partial charge in [0.15, 0.2) is 5.82 Å². The summed E-state index contributed by atoms with van der Waals surface area (Å²) in [6.45, 7) is 0.790. The topological polar surface area (TPSA) is 95.7 Å². The van der Waals surface area contributed by atoms with Gasteiger partial charge in [0.1, 0.15) is 12.7 Å². The summed E-state index contributed by atoms with van der Waals surface area (Å²) in [6, 6.07) is 1.34. The van der Waals surface area contributed by atoms with Gasteiger partial charge in [-0.25, -0.2) is 4.39 Å². The van der Waals surface area contributed by atoms with Gasteiger partial charge in [-0.15, -0.1) is 0 Å². The van der Waals surface area contributed by atoms with E-state index in [0.29, 0.717) is 6.07 Å². The minimum atomic E-state index is -3.75. The van der Waals surface area contributed by atoms with Crippen molar-refractivity contribution in [1.82, 2.24) is 0 Å². The Hall–Kier alpha value is -1.81. The van der Waals surface area contributed by atoms with Crippen LogP contribution in [0.4, 0.5) is 14.5 Å². The molecule has 0 amide bonds. The Labute approximate surface area is 113 Å². The summed E-state index contributed by atoms with van der Waals surface area (Å²) >= 11 is 0. The molecule has 0 spiro atoms. The Morgan fingerprint density at radius 3 is 2.50 bits per heavy atom. The average molecular weight is 311 g/mol. The van der Waals surface area contributed by atoms with Gasteiger partial charge in [-0.2, -0.15) is 12.8 Å². The van der Waals surface area contributed by atoms with Crippen molar-refractivity contribution in [2.75, 3.05) is 12.9 Å². The van der Waals surface area contributed by atoms with Crippen LogP contribution in [-0.4, -0.2) is 32.3 Å². The van der Waals surface area contributed by atoms with Crippen LogP contribution in [0.2, 0.25) is 0 Å². The molecule has 0 aliphatic heterocycles. The van der Waals surface area contributed by atoms with Gasteiger partial charge >= 0.3 is 5.69 Å². The number of hydrogen-bond acceptors (Lipinski definition) is 6. The molecule has 7 nitrogen and oxygen atoms in total. The SMILES string of the molecule is C[C@H](COc1c([N+](=O)[O-])ccc(F)c1F)OS(C)(=O)=O. The van der Waals surface area contributed by atoms with E-state index in [1.165, 1.54) is 6.92 Å². The molecular formula is C10H11F2NO6S. The lowest BCUT2D eigenvalue weighted by Crippen LogP contribution is -2.22. The zero-order chi connectivity index (χ0) is 15.5. The largest absolute Gasteiger partial charge is 0.482 e. The fourth-order valence-electron chi connectivity index (χ4n) is 1.33. The normalized spacial score (nSPS) is 13.0. The van der Waals surface area contributed by atoms with Crippen molar-refractivity contribution in [3.63, 3.8) is 0 Å². The monoisotopic (exact) mass is 311 g/mol. The summed E-state index contributed by atoms with van der Waals surface area (Å²) in [5, 5.41) is 10.7. The highest BCUT2D eigenvalue weighted by Crippen LogP contribution is 2.31. The van der Waals surface area contributed by atoms with Gasteiger partial charge in [0.25, 0.3) is 10.1 Å². The summed E-state index contributed by atoms with van der Waals surface area (Å²) < 4.78 is 57.4. The fraction of sp³-hybridized carbons (Fsp3) is 0.400. The molecule has 0 heterocycles. The number of ether oxygens (including phenoxy) is 1. The lowest BCUT2D eigenvalue weighted by atomic mass is 10.2. The van der Waals surface area contributed by atoms with Crippen LogP contribution in [0.3, 0.4) is 0 Å². The number of rotatable bonds is 6. The minimum Gasteiger partial charge on any atom is -0.482 e. The highest BCUT2D eigenvalue weighted by atomic mass is 32.2. The Bertz CT molecular complexity index is 618. The lowest BCUT2D eigenvalue weighted by Gasteiger charge is -2.13. The highest BCUT2D eigenvalue weighted by Gasteiger charge is 2.24. The van der Waals surface area contributed by atoms with Gasteiger partial charge in [0.2, 0.25) is 11.6 Å². The number of benzene rings is 1. The van der Waals surface area contributed by atoms with Gasteiger partial charge in [-0.05, 0) is 13.0 Å². The summed E-state index contributed by atoms with van der Waals surface area (Å²) in [4.78, 5) is 9.72. The molecule has 1 rings (SSSR count). The van der Waals surface area contributed by atoms with E-state index >= 15 is 0 Å². The zero-order valence-electron chi connectivity index (χ0n) is 10.5. The Balaban J connectivity index is 2.92. The number of nitro groups is 1. The van der Waals surface area contributed by atoms with E-state index in [0.717, 1.165) is 12.3 Å². The first-order valence-corrected chi connectivity index (χ1v) is 7.07. The molecule has 0 unspecified atom stereocenters. The minimum absolute atomic E-state index is 0.506. The van der Waals surface area contributed by atoms with Crippen molar-refractivity contribution in [2.45, 2.75) is 13.0 Å². The molecule has 0 saturated heterocycles. The Morgan fingerprint density at radius 2 is 2.00 bits per heavy atom. The lowest BCUT2D eigenvalue weighted by molar-refractivity contribution is -0.386. The van der Waals surface area contributed by atoms with Crippen LogP contribution in [0.15, 0.2) is 12.1 Å². The van der Waals surface area contributed by atoms with Crippen molar-refractivity contribution >= 4 is 15.8 Å². The van der Waals surface area contributed by atoms with Crippen LogP contribution >= 0.6 is 0 Å². The maximum Gasteiger partial charge on any atom is 0.314 e. The summed E-state index contributed by atoms with van der Waals surface area (Å²) in [7, 11) is -3.75. The maximum atomic E-state index is 13.4. The predicted octanol–water partition coefficient (Wildman–Crippen LogP) is 1.62. The third kappa shape index (κ3) is 4.38. The summed E-state index contributed by atoms with van der Waals surface area (Å²) in [6.07, 6.45) is -0.221. The molecule has 1 atom stereocenters. The van der Waals surface area contributed by atoms with E-state index in [-0.39, 0.29) is 0 Å².